The van der Waals surface area contributed by atoms with Crippen molar-refractivity contribution in [2.75, 3.05) is 6.61 Å². The van der Waals surface area contributed by atoms with Crippen molar-refractivity contribution in [2.24, 2.45) is 4.99 Å². The monoisotopic (exact) mass is 209 g/mol. The highest BCUT2D eigenvalue weighted by molar-refractivity contribution is 5.86. The zero-order valence-electron chi connectivity index (χ0n) is 9.58. The first-order valence-corrected chi connectivity index (χ1v) is 6.02. The molecule has 3 aliphatic rings. The second-order valence-corrected chi connectivity index (χ2v) is 5.67. The van der Waals surface area contributed by atoms with Crippen molar-refractivity contribution in [1.82, 2.24) is 0 Å². The molecule has 3 rings (SSSR count). The second kappa shape index (κ2) is 2.97. The van der Waals surface area contributed by atoms with Gasteiger partial charge in [-0.15, -0.1) is 0 Å². The normalized spacial score (nSPS) is 36.1. The van der Waals surface area contributed by atoms with Gasteiger partial charge in [-0.1, -0.05) is 19.3 Å². The average Bonchev–Trinajstić information content (AvgIpc) is 2.75. The summed E-state index contributed by atoms with van der Waals surface area (Å²) in [4.78, 5) is 4.60. The zero-order chi connectivity index (χ0) is 10.5. The molecule has 1 saturated carbocycles. The molecule has 3 heteroatoms. The van der Waals surface area contributed by atoms with E-state index in [9.17, 15) is 0 Å². The maximum atomic E-state index is 5.87. The molecule has 0 bridgehead atoms. The molecule has 0 aromatic rings. The molecule has 1 unspecified atom stereocenters. The van der Waals surface area contributed by atoms with Crippen LogP contribution in [0.25, 0.3) is 0 Å². The van der Waals surface area contributed by atoms with Crippen molar-refractivity contribution in [3.63, 3.8) is 0 Å². The van der Waals surface area contributed by atoms with Crippen LogP contribution in [-0.4, -0.2) is 29.7 Å². The third-order valence-corrected chi connectivity index (χ3v) is 3.68. The highest BCUT2D eigenvalue weighted by Gasteiger charge is 2.60. The third-order valence-electron chi connectivity index (χ3n) is 3.68. The number of aliphatic imine (C=N–C) groups is 1. The van der Waals surface area contributed by atoms with E-state index >= 15 is 0 Å². The number of epoxide rings is 1. The van der Waals surface area contributed by atoms with Crippen LogP contribution in [0.15, 0.2) is 4.99 Å². The highest BCUT2D eigenvalue weighted by Crippen LogP contribution is 2.49. The average molecular weight is 209 g/mol. The summed E-state index contributed by atoms with van der Waals surface area (Å²) >= 11 is 0. The van der Waals surface area contributed by atoms with Gasteiger partial charge in [-0.05, 0) is 26.7 Å². The molecule has 2 fully saturated rings. The minimum absolute atomic E-state index is 0.0445. The topological polar surface area (TPSA) is 34.1 Å². The van der Waals surface area contributed by atoms with Crippen LogP contribution < -0.4 is 0 Å². The Labute approximate surface area is 90.9 Å². The summed E-state index contributed by atoms with van der Waals surface area (Å²) in [6, 6.07) is 0. The molecule has 1 atom stereocenters. The summed E-state index contributed by atoms with van der Waals surface area (Å²) in [5.41, 5.74) is 0.0780. The molecule has 3 nitrogen and oxygen atoms in total. The minimum Gasteiger partial charge on any atom is -0.476 e. The van der Waals surface area contributed by atoms with Crippen molar-refractivity contribution >= 4 is 5.90 Å². The lowest BCUT2D eigenvalue weighted by Gasteiger charge is -2.17. The Balaban J connectivity index is 1.71. The summed E-state index contributed by atoms with van der Waals surface area (Å²) in [6.07, 6.45) is 6.53. The third kappa shape index (κ3) is 1.57. The largest absolute Gasteiger partial charge is 0.476 e. The first-order chi connectivity index (χ1) is 7.11. The van der Waals surface area contributed by atoms with Crippen LogP contribution in [0.1, 0.15) is 46.0 Å². The molecule has 1 saturated heterocycles. The summed E-state index contributed by atoms with van der Waals surface area (Å²) in [6.45, 7) is 4.92. The molecule has 0 radical (unpaired) electrons. The number of ether oxygens (including phenoxy) is 2. The van der Waals surface area contributed by atoms with Crippen molar-refractivity contribution < 1.29 is 9.47 Å². The Bertz CT molecular complexity index is 303. The molecule has 2 aliphatic heterocycles. The van der Waals surface area contributed by atoms with Crippen LogP contribution in [0.3, 0.4) is 0 Å². The van der Waals surface area contributed by atoms with Gasteiger partial charge in [0.05, 0.1) is 5.54 Å². The van der Waals surface area contributed by atoms with E-state index in [2.05, 4.69) is 18.8 Å². The van der Waals surface area contributed by atoms with E-state index in [0.717, 1.165) is 5.90 Å². The number of rotatable bonds is 1. The fourth-order valence-corrected chi connectivity index (χ4v) is 2.75. The Kier molecular flexibility index (Phi) is 1.91. The molecule has 0 amide bonds. The maximum absolute atomic E-state index is 5.87. The standard InChI is InChI=1S/C12H19NO2/c1-11(2)8-14-10(13-11)9-12(15-9)6-4-3-5-7-12/h9H,3-8H2,1-2H3. The minimum atomic E-state index is -0.0445. The second-order valence-electron chi connectivity index (χ2n) is 5.67. The molecule has 2 heterocycles. The molecule has 0 N–H and O–H groups in total. The quantitative estimate of drug-likeness (QED) is 0.621. The van der Waals surface area contributed by atoms with Crippen molar-refractivity contribution in [2.45, 2.75) is 63.2 Å². The van der Waals surface area contributed by atoms with Gasteiger partial charge in [-0.2, -0.15) is 0 Å². The van der Waals surface area contributed by atoms with E-state index in [1.165, 1.54) is 32.1 Å². The Morgan fingerprint density at radius 1 is 1.20 bits per heavy atom. The Hall–Kier alpha value is -0.570. The van der Waals surface area contributed by atoms with Gasteiger partial charge >= 0.3 is 0 Å². The van der Waals surface area contributed by atoms with E-state index in [-0.39, 0.29) is 17.2 Å². The number of hydrogen-bond donors (Lipinski definition) is 0. The summed E-state index contributed by atoms with van der Waals surface area (Å²) in [5.74, 6) is 0.863. The van der Waals surface area contributed by atoms with E-state index in [1.807, 2.05) is 0 Å². The first kappa shape index (κ1) is 9.64. The van der Waals surface area contributed by atoms with Crippen LogP contribution in [-0.2, 0) is 9.47 Å². The SMILES string of the molecule is CC1(C)COC(C2OC23CCCCC3)=N1. The molecule has 0 aromatic carbocycles. The molecule has 1 spiro atoms. The van der Waals surface area contributed by atoms with Crippen LogP contribution in [0.2, 0.25) is 0 Å². The lowest BCUT2D eigenvalue weighted by Crippen LogP contribution is -2.23. The lowest BCUT2D eigenvalue weighted by atomic mass is 9.86. The summed E-state index contributed by atoms with van der Waals surface area (Å²) in [7, 11) is 0. The van der Waals surface area contributed by atoms with Crippen LogP contribution in [0, 0.1) is 0 Å². The predicted molar refractivity (Wildman–Crippen MR) is 58.2 cm³/mol. The molecule has 0 aromatic heterocycles. The van der Waals surface area contributed by atoms with Gasteiger partial charge in [-0.25, -0.2) is 4.99 Å². The molecular weight excluding hydrogens is 190 g/mol. The van der Waals surface area contributed by atoms with Gasteiger partial charge in [-0.3, -0.25) is 0 Å². The van der Waals surface area contributed by atoms with Crippen molar-refractivity contribution in [3.05, 3.63) is 0 Å². The highest BCUT2D eigenvalue weighted by atomic mass is 16.6. The van der Waals surface area contributed by atoms with Gasteiger partial charge < -0.3 is 9.47 Å². The van der Waals surface area contributed by atoms with Crippen molar-refractivity contribution in [3.8, 4) is 0 Å². The smallest absolute Gasteiger partial charge is 0.217 e. The molecule has 1 aliphatic carbocycles. The van der Waals surface area contributed by atoms with Gasteiger partial charge in [0.15, 0.2) is 6.10 Å². The summed E-state index contributed by atoms with van der Waals surface area (Å²) in [5, 5.41) is 0. The fraction of sp³-hybridized carbons (Fsp3) is 0.917. The van der Waals surface area contributed by atoms with E-state index in [0.29, 0.717) is 6.61 Å². The van der Waals surface area contributed by atoms with Gasteiger partial charge in [0.2, 0.25) is 5.90 Å². The molecule has 15 heavy (non-hydrogen) atoms. The number of nitrogens with zero attached hydrogens (tertiary/aromatic N) is 1. The first-order valence-electron chi connectivity index (χ1n) is 6.02. The Morgan fingerprint density at radius 3 is 2.53 bits per heavy atom. The van der Waals surface area contributed by atoms with Gasteiger partial charge in [0.25, 0.3) is 0 Å². The number of hydrogen-bond acceptors (Lipinski definition) is 3. The fourth-order valence-electron chi connectivity index (χ4n) is 2.75. The van der Waals surface area contributed by atoms with Crippen LogP contribution >= 0.6 is 0 Å². The van der Waals surface area contributed by atoms with E-state index < -0.39 is 0 Å². The Morgan fingerprint density at radius 2 is 1.93 bits per heavy atom. The van der Waals surface area contributed by atoms with Crippen molar-refractivity contribution in [1.29, 1.82) is 0 Å². The zero-order valence-corrected chi connectivity index (χ0v) is 9.58. The lowest BCUT2D eigenvalue weighted by molar-refractivity contribution is 0.232. The van der Waals surface area contributed by atoms with Gasteiger partial charge in [0.1, 0.15) is 12.2 Å². The van der Waals surface area contributed by atoms with E-state index in [1.54, 1.807) is 0 Å². The van der Waals surface area contributed by atoms with Crippen LogP contribution in [0.5, 0.6) is 0 Å². The molecule has 84 valence electrons. The van der Waals surface area contributed by atoms with Gasteiger partial charge in [0, 0.05) is 0 Å². The predicted octanol–water partition coefficient (Wildman–Crippen LogP) is 2.30. The maximum Gasteiger partial charge on any atom is 0.217 e. The van der Waals surface area contributed by atoms with E-state index in [4.69, 9.17) is 9.47 Å². The molecular formula is C12H19NO2. The summed E-state index contributed by atoms with van der Waals surface area (Å²) < 4.78 is 11.5. The van der Waals surface area contributed by atoms with Crippen LogP contribution in [0.4, 0.5) is 0 Å².